The highest BCUT2D eigenvalue weighted by molar-refractivity contribution is 6.14. The SMILES string of the molecule is COC(=O)/C(=C/C(N)C1CCN(C(=O)OC(C)(C)C)CC1)C(=O)OCc1ccccc1. The molecule has 0 aromatic heterocycles. The molecule has 1 aliphatic rings. The van der Waals surface area contributed by atoms with E-state index in [-0.39, 0.29) is 24.2 Å². The number of amides is 1. The summed E-state index contributed by atoms with van der Waals surface area (Å²) >= 11 is 0. The van der Waals surface area contributed by atoms with Crippen molar-refractivity contribution in [2.45, 2.75) is 51.9 Å². The molecular weight excluding hydrogens is 400 g/mol. The average molecular weight is 433 g/mol. The van der Waals surface area contributed by atoms with Crippen LogP contribution in [-0.4, -0.2) is 54.8 Å². The minimum Gasteiger partial charge on any atom is -0.465 e. The average Bonchev–Trinajstić information content (AvgIpc) is 2.74. The maximum absolute atomic E-state index is 12.5. The largest absolute Gasteiger partial charge is 0.465 e. The van der Waals surface area contributed by atoms with E-state index < -0.39 is 23.6 Å². The van der Waals surface area contributed by atoms with Crippen molar-refractivity contribution >= 4 is 18.0 Å². The summed E-state index contributed by atoms with van der Waals surface area (Å²) in [4.78, 5) is 38.5. The number of rotatable bonds is 6. The smallest absolute Gasteiger partial charge is 0.410 e. The van der Waals surface area contributed by atoms with E-state index in [1.54, 1.807) is 4.90 Å². The van der Waals surface area contributed by atoms with E-state index in [4.69, 9.17) is 19.9 Å². The van der Waals surface area contributed by atoms with Crippen LogP contribution in [0.4, 0.5) is 4.79 Å². The first-order chi connectivity index (χ1) is 14.6. The Morgan fingerprint density at radius 1 is 1.13 bits per heavy atom. The summed E-state index contributed by atoms with van der Waals surface area (Å²) in [5.74, 6) is -1.57. The van der Waals surface area contributed by atoms with E-state index in [1.807, 2.05) is 51.1 Å². The second kappa shape index (κ2) is 10.9. The number of nitrogens with two attached hydrogens (primary N) is 1. The maximum Gasteiger partial charge on any atom is 0.410 e. The maximum atomic E-state index is 12.5. The van der Waals surface area contributed by atoms with Gasteiger partial charge in [-0.05, 0) is 51.2 Å². The van der Waals surface area contributed by atoms with Crippen molar-refractivity contribution in [3.8, 4) is 0 Å². The zero-order chi connectivity index (χ0) is 23.0. The molecule has 1 amide bonds. The first kappa shape index (κ1) is 24.4. The van der Waals surface area contributed by atoms with E-state index in [9.17, 15) is 14.4 Å². The standard InChI is InChI=1S/C23H32N2O6/c1-23(2,3)31-22(28)25-12-10-17(11-13-25)19(24)14-18(20(26)29-4)21(27)30-15-16-8-6-5-7-9-16/h5-9,14,17,19H,10-13,15,24H2,1-4H3/b18-14-. The summed E-state index contributed by atoms with van der Waals surface area (Å²) in [6.07, 6.45) is 2.32. The predicted octanol–water partition coefficient (Wildman–Crippen LogP) is 2.80. The first-order valence-corrected chi connectivity index (χ1v) is 10.4. The Hall–Kier alpha value is -2.87. The Morgan fingerprint density at radius 2 is 1.74 bits per heavy atom. The Kier molecular flexibility index (Phi) is 8.62. The highest BCUT2D eigenvalue weighted by Gasteiger charge is 2.30. The molecule has 1 saturated heterocycles. The van der Waals surface area contributed by atoms with Gasteiger partial charge in [0.2, 0.25) is 0 Å². The number of hydrogen-bond donors (Lipinski definition) is 1. The molecule has 1 aromatic rings. The van der Waals surface area contributed by atoms with Gasteiger partial charge < -0.3 is 24.8 Å². The lowest BCUT2D eigenvalue weighted by atomic mass is 9.89. The van der Waals surface area contributed by atoms with Crippen molar-refractivity contribution in [1.29, 1.82) is 0 Å². The molecule has 8 nitrogen and oxygen atoms in total. The number of esters is 2. The van der Waals surface area contributed by atoms with Gasteiger partial charge in [0, 0.05) is 19.1 Å². The van der Waals surface area contributed by atoms with Crippen LogP contribution in [0.15, 0.2) is 42.0 Å². The predicted molar refractivity (Wildman–Crippen MR) is 115 cm³/mol. The molecule has 1 aliphatic heterocycles. The molecule has 1 heterocycles. The number of piperidine rings is 1. The Balaban J connectivity index is 1.98. The van der Waals surface area contributed by atoms with Crippen LogP contribution in [-0.2, 0) is 30.4 Å². The quantitative estimate of drug-likeness (QED) is 0.242. The Bertz CT molecular complexity index is 792. The molecule has 0 saturated carbocycles. The molecule has 31 heavy (non-hydrogen) atoms. The highest BCUT2D eigenvalue weighted by Crippen LogP contribution is 2.23. The number of nitrogens with zero attached hydrogens (tertiary/aromatic N) is 1. The van der Waals surface area contributed by atoms with Crippen molar-refractivity contribution in [3.63, 3.8) is 0 Å². The van der Waals surface area contributed by atoms with Crippen molar-refractivity contribution in [2.24, 2.45) is 11.7 Å². The number of carbonyl (C=O) groups is 3. The molecule has 0 spiro atoms. The van der Waals surface area contributed by atoms with Crippen molar-refractivity contribution in [3.05, 3.63) is 47.5 Å². The lowest BCUT2D eigenvalue weighted by Crippen LogP contribution is -2.45. The monoisotopic (exact) mass is 432 g/mol. The molecule has 1 unspecified atom stereocenters. The fourth-order valence-corrected chi connectivity index (χ4v) is 3.25. The molecular formula is C23H32N2O6. The van der Waals surface area contributed by atoms with Crippen LogP contribution in [0.3, 0.4) is 0 Å². The van der Waals surface area contributed by atoms with Gasteiger partial charge in [-0.2, -0.15) is 0 Å². The summed E-state index contributed by atoms with van der Waals surface area (Å²) in [5, 5.41) is 0. The van der Waals surface area contributed by atoms with E-state index >= 15 is 0 Å². The van der Waals surface area contributed by atoms with Gasteiger partial charge in [0.15, 0.2) is 0 Å². The van der Waals surface area contributed by atoms with Crippen LogP contribution in [0.5, 0.6) is 0 Å². The molecule has 170 valence electrons. The minimum atomic E-state index is -0.792. The van der Waals surface area contributed by atoms with Gasteiger partial charge in [-0.1, -0.05) is 30.3 Å². The van der Waals surface area contributed by atoms with Crippen LogP contribution in [0.1, 0.15) is 39.2 Å². The van der Waals surface area contributed by atoms with Crippen LogP contribution in [0.25, 0.3) is 0 Å². The summed E-state index contributed by atoms with van der Waals surface area (Å²) < 4.78 is 15.4. The summed E-state index contributed by atoms with van der Waals surface area (Å²) in [6, 6.07) is 8.61. The van der Waals surface area contributed by atoms with Gasteiger partial charge in [-0.25, -0.2) is 14.4 Å². The number of carbonyl (C=O) groups excluding carboxylic acids is 3. The topological polar surface area (TPSA) is 108 Å². The summed E-state index contributed by atoms with van der Waals surface area (Å²) in [7, 11) is 1.20. The second-order valence-corrected chi connectivity index (χ2v) is 8.52. The van der Waals surface area contributed by atoms with Crippen LogP contribution < -0.4 is 5.73 Å². The van der Waals surface area contributed by atoms with E-state index in [0.717, 1.165) is 5.56 Å². The Labute approximate surface area is 183 Å². The third-order valence-electron chi connectivity index (χ3n) is 4.93. The van der Waals surface area contributed by atoms with Gasteiger partial charge in [0.1, 0.15) is 17.8 Å². The van der Waals surface area contributed by atoms with Crippen LogP contribution >= 0.6 is 0 Å². The minimum absolute atomic E-state index is 0.000246. The molecule has 1 atom stereocenters. The third kappa shape index (κ3) is 7.71. The number of benzene rings is 1. The van der Waals surface area contributed by atoms with Crippen molar-refractivity contribution < 1.29 is 28.6 Å². The van der Waals surface area contributed by atoms with Gasteiger partial charge in [0.25, 0.3) is 0 Å². The zero-order valence-corrected chi connectivity index (χ0v) is 18.6. The molecule has 2 N–H and O–H groups in total. The normalized spacial score (nSPS) is 16.4. The van der Waals surface area contributed by atoms with Crippen LogP contribution in [0.2, 0.25) is 0 Å². The number of ether oxygens (including phenoxy) is 3. The van der Waals surface area contributed by atoms with E-state index in [2.05, 4.69) is 0 Å². The number of hydrogen-bond acceptors (Lipinski definition) is 7. The summed E-state index contributed by atoms with van der Waals surface area (Å²) in [5.41, 5.74) is 6.31. The lowest BCUT2D eigenvalue weighted by Gasteiger charge is -2.35. The summed E-state index contributed by atoms with van der Waals surface area (Å²) in [6.45, 7) is 6.49. The molecule has 0 radical (unpaired) electrons. The molecule has 2 rings (SSSR count). The molecule has 0 bridgehead atoms. The van der Waals surface area contributed by atoms with E-state index in [1.165, 1.54) is 13.2 Å². The molecule has 1 aromatic carbocycles. The molecule has 0 aliphatic carbocycles. The van der Waals surface area contributed by atoms with Gasteiger partial charge in [-0.3, -0.25) is 0 Å². The van der Waals surface area contributed by atoms with Crippen molar-refractivity contribution in [1.82, 2.24) is 4.90 Å². The van der Waals surface area contributed by atoms with Gasteiger partial charge in [-0.15, -0.1) is 0 Å². The van der Waals surface area contributed by atoms with E-state index in [0.29, 0.717) is 25.9 Å². The fourth-order valence-electron chi connectivity index (χ4n) is 3.25. The highest BCUT2D eigenvalue weighted by atomic mass is 16.6. The van der Waals surface area contributed by atoms with Gasteiger partial charge in [0.05, 0.1) is 7.11 Å². The van der Waals surface area contributed by atoms with Crippen molar-refractivity contribution in [2.75, 3.05) is 20.2 Å². The molecule has 1 fully saturated rings. The third-order valence-corrected chi connectivity index (χ3v) is 4.93. The van der Waals surface area contributed by atoms with Crippen LogP contribution in [0, 0.1) is 5.92 Å². The number of methoxy groups -OCH3 is 1. The zero-order valence-electron chi connectivity index (χ0n) is 18.6. The molecule has 8 heteroatoms. The Morgan fingerprint density at radius 3 is 2.29 bits per heavy atom. The van der Waals surface area contributed by atoms with Gasteiger partial charge >= 0.3 is 18.0 Å². The fraction of sp³-hybridized carbons (Fsp3) is 0.522. The second-order valence-electron chi connectivity index (χ2n) is 8.52. The number of likely N-dealkylation sites (tertiary alicyclic amines) is 1. The first-order valence-electron chi connectivity index (χ1n) is 10.4. The lowest BCUT2D eigenvalue weighted by molar-refractivity contribution is -0.146.